The second kappa shape index (κ2) is 8.09. The van der Waals surface area contributed by atoms with Gasteiger partial charge in [0.05, 0.1) is 23.7 Å². The third-order valence-electron chi connectivity index (χ3n) is 4.86. The van der Waals surface area contributed by atoms with Crippen molar-refractivity contribution in [2.75, 3.05) is 7.11 Å². The summed E-state index contributed by atoms with van der Waals surface area (Å²) in [5, 5.41) is 9.32. The zero-order valence-electron chi connectivity index (χ0n) is 15.8. The number of aromatic nitrogens is 2. The number of methoxy groups -OCH3 is 1. The lowest BCUT2D eigenvalue weighted by atomic mass is 10.1. The summed E-state index contributed by atoms with van der Waals surface area (Å²) < 4.78 is 8.34. The van der Waals surface area contributed by atoms with E-state index in [2.05, 4.69) is 32.6 Å². The quantitative estimate of drug-likeness (QED) is 0.426. The van der Waals surface area contributed by atoms with Crippen molar-refractivity contribution in [3.8, 4) is 17.1 Å². The van der Waals surface area contributed by atoms with Gasteiger partial charge in [-0.25, -0.2) is 9.78 Å². The van der Waals surface area contributed by atoms with Crippen LogP contribution in [0.2, 0.25) is 0 Å². The van der Waals surface area contributed by atoms with E-state index in [4.69, 9.17) is 9.72 Å². The number of aryl methyl sites for hydroxylation is 2. The van der Waals surface area contributed by atoms with E-state index in [0.717, 1.165) is 40.1 Å². The number of nitrogens with zero attached hydrogens (tertiary/aromatic N) is 2. The molecule has 0 aliphatic rings. The Morgan fingerprint density at radius 1 is 1.10 bits per heavy atom. The molecule has 4 aromatic rings. The Hall–Kier alpha value is -3.12. The molecular weight excluding hydrogens is 432 g/mol. The molecule has 0 aliphatic heterocycles. The van der Waals surface area contributed by atoms with E-state index in [-0.39, 0.29) is 5.56 Å². The molecule has 1 N–H and O–H groups in total. The molecule has 146 valence electrons. The van der Waals surface area contributed by atoms with Crippen LogP contribution in [0.1, 0.15) is 15.9 Å². The van der Waals surface area contributed by atoms with Crippen LogP contribution in [0.5, 0.6) is 5.75 Å². The highest BCUT2D eigenvalue weighted by atomic mass is 79.9. The van der Waals surface area contributed by atoms with Crippen LogP contribution in [0, 0.1) is 0 Å². The number of fused-ring (bicyclic) bond motifs is 1. The number of imidazole rings is 1. The number of carbonyl (C=O) groups is 1. The first kappa shape index (κ1) is 19.2. The monoisotopic (exact) mass is 450 g/mol. The smallest absolute Gasteiger partial charge is 0.335 e. The highest BCUT2D eigenvalue weighted by Gasteiger charge is 2.15. The zero-order chi connectivity index (χ0) is 20.4. The molecule has 5 nitrogen and oxygen atoms in total. The largest absolute Gasteiger partial charge is 0.497 e. The standard InChI is InChI=1S/C23H19BrN2O3/c1-29-19-8-5-15(6-9-19)11-12-26-21-10-7-17(23(27)28)14-20(21)25-22(26)16-3-2-4-18(24)13-16/h2-10,13-14H,11-12H2,1H3,(H,27,28). The lowest BCUT2D eigenvalue weighted by Gasteiger charge is -2.10. The van der Waals surface area contributed by atoms with Crippen LogP contribution in [-0.4, -0.2) is 27.7 Å². The Morgan fingerprint density at radius 2 is 1.90 bits per heavy atom. The van der Waals surface area contributed by atoms with E-state index in [1.807, 2.05) is 42.5 Å². The van der Waals surface area contributed by atoms with E-state index >= 15 is 0 Å². The summed E-state index contributed by atoms with van der Waals surface area (Å²) in [6.45, 7) is 0.719. The maximum Gasteiger partial charge on any atom is 0.335 e. The van der Waals surface area contributed by atoms with Crippen molar-refractivity contribution in [1.29, 1.82) is 0 Å². The second-order valence-corrected chi connectivity index (χ2v) is 7.62. The Kier molecular flexibility index (Phi) is 5.36. The highest BCUT2D eigenvalue weighted by molar-refractivity contribution is 9.10. The molecule has 0 bridgehead atoms. The zero-order valence-corrected chi connectivity index (χ0v) is 17.4. The molecule has 0 amide bonds. The number of aromatic carboxylic acids is 1. The molecule has 0 saturated heterocycles. The summed E-state index contributed by atoms with van der Waals surface area (Å²) >= 11 is 3.52. The number of ether oxygens (including phenoxy) is 1. The molecule has 1 heterocycles. The summed E-state index contributed by atoms with van der Waals surface area (Å²) in [6, 6.07) is 21.1. The first-order chi connectivity index (χ1) is 14.0. The fraction of sp³-hybridized carbons (Fsp3) is 0.130. The average molecular weight is 451 g/mol. The Labute approximate surface area is 176 Å². The predicted molar refractivity (Wildman–Crippen MR) is 117 cm³/mol. The van der Waals surface area contributed by atoms with E-state index in [9.17, 15) is 9.90 Å². The first-order valence-electron chi connectivity index (χ1n) is 9.17. The molecule has 1 aromatic heterocycles. The van der Waals surface area contributed by atoms with E-state index in [1.54, 1.807) is 19.2 Å². The lowest BCUT2D eigenvalue weighted by Crippen LogP contribution is -2.04. The van der Waals surface area contributed by atoms with Crippen LogP contribution in [0.25, 0.3) is 22.4 Å². The Bertz CT molecular complexity index is 1180. The SMILES string of the molecule is COc1ccc(CCn2c(-c3cccc(Br)c3)nc3cc(C(=O)O)ccc32)cc1. The van der Waals surface area contributed by atoms with Crippen LogP contribution in [-0.2, 0) is 13.0 Å². The summed E-state index contributed by atoms with van der Waals surface area (Å²) in [5.41, 5.74) is 3.99. The second-order valence-electron chi connectivity index (χ2n) is 6.70. The topological polar surface area (TPSA) is 64.4 Å². The van der Waals surface area contributed by atoms with Gasteiger partial charge in [-0.2, -0.15) is 0 Å². The summed E-state index contributed by atoms with van der Waals surface area (Å²) in [4.78, 5) is 16.1. The summed E-state index contributed by atoms with van der Waals surface area (Å²) in [7, 11) is 1.66. The van der Waals surface area contributed by atoms with Gasteiger partial charge in [-0.3, -0.25) is 0 Å². The van der Waals surface area contributed by atoms with E-state index in [1.165, 1.54) is 5.56 Å². The number of carboxylic acids is 1. The number of benzene rings is 3. The number of rotatable bonds is 6. The third kappa shape index (κ3) is 4.03. The van der Waals surface area contributed by atoms with E-state index in [0.29, 0.717) is 5.52 Å². The number of carboxylic acid groups (broad SMARTS) is 1. The molecule has 29 heavy (non-hydrogen) atoms. The minimum Gasteiger partial charge on any atom is -0.497 e. The minimum atomic E-state index is -0.955. The Morgan fingerprint density at radius 3 is 2.59 bits per heavy atom. The molecule has 0 radical (unpaired) electrons. The van der Waals surface area contributed by atoms with E-state index < -0.39 is 5.97 Å². The van der Waals surface area contributed by atoms with Gasteiger partial charge in [0.25, 0.3) is 0 Å². The van der Waals surface area contributed by atoms with Gasteiger partial charge < -0.3 is 14.4 Å². The molecule has 0 saturated carbocycles. The van der Waals surface area contributed by atoms with Crippen LogP contribution in [0.4, 0.5) is 0 Å². The number of halogens is 1. The molecule has 0 aliphatic carbocycles. The first-order valence-corrected chi connectivity index (χ1v) is 9.97. The molecule has 6 heteroatoms. The van der Waals surface area contributed by atoms with Crippen molar-refractivity contribution in [3.63, 3.8) is 0 Å². The third-order valence-corrected chi connectivity index (χ3v) is 5.35. The maximum atomic E-state index is 11.4. The molecule has 0 spiro atoms. The molecule has 0 unspecified atom stereocenters. The van der Waals surface area contributed by atoms with Gasteiger partial charge in [-0.05, 0) is 54.4 Å². The summed E-state index contributed by atoms with van der Waals surface area (Å²) in [5.74, 6) is 0.693. The van der Waals surface area contributed by atoms with Crippen molar-refractivity contribution in [3.05, 3.63) is 82.3 Å². The maximum absolute atomic E-state index is 11.4. The van der Waals surface area contributed by atoms with Gasteiger partial charge >= 0.3 is 5.97 Å². The minimum absolute atomic E-state index is 0.234. The van der Waals surface area contributed by atoms with Gasteiger partial charge in [0.2, 0.25) is 0 Å². The van der Waals surface area contributed by atoms with Crippen molar-refractivity contribution in [2.24, 2.45) is 0 Å². The number of hydrogen-bond donors (Lipinski definition) is 1. The van der Waals surface area contributed by atoms with Crippen molar-refractivity contribution < 1.29 is 14.6 Å². The van der Waals surface area contributed by atoms with Crippen LogP contribution >= 0.6 is 15.9 Å². The lowest BCUT2D eigenvalue weighted by molar-refractivity contribution is 0.0697. The van der Waals surface area contributed by atoms with Crippen LogP contribution < -0.4 is 4.74 Å². The molecular formula is C23H19BrN2O3. The molecule has 0 atom stereocenters. The van der Waals surface area contributed by atoms with Gasteiger partial charge in [0.1, 0.15) is 11.6 Å². The number of hydrogen-bond acceptors (Lipinski definition) is 3. The van der Waals surface area contributed by atoms with Gasteiger partial charge in [0.15, 0.2) is 0 Å². The Balaban J connectivity index is 1.76. The fourth-order valence-corrected chi connectivity index (χ4v) is 3.77. The molecule has 0 fully saturated rings. The molecule has 3 aromatic carbocycles. The van der Waals surface area contributed by atoms with Gasteiger partial charge in [0, 0.05) is 16.6 Å². The molecule has 4 rings (SSSR count). The van der Waals surface area contributed by atoms with Crippen molar-refractivity contribution in [1.82, 2.24) is 9.55 Å². The fourth-order valence-electron chi connectivity index (χ4n) is 3.37. The normalized spacial score (nSPS) is 11.0. The van der Waals surface area contributed by atoms with Crippen LogP contribution in [0.3, 0.4) is 0 Å². The van der Waals surface area contributed by atoms with Crippen LogP contribution in [0.15, 0.2) is 71.2 Å². The summed E-state index contributed by atoms with van der Waals surface area (Å²) in [6.07, 6.45) is 0.817. The average Bonchev–Trinajstić information content (AvgIpc) is 3.10. The highest BCUT2D eigenvalue weighted by Crippen LogP contribution is 2.28. The van der Waals surface area contributed by atoms with Gasteiger partial charge in [-0.1, -0.05) is 40.2 Å². The van der Waals surface area contributed by atoms with Gasteiger partial charge in [-0.15, -0.1) is 0 Å². The van der Waals surface area contributed by atoms with Crippen molar-refractivity contribution >= 4 is 32.9 Å². The predicted octanol–water partition coefficient (Wildman–Crippen LogP) is 5.42. The van der Waals surface area contributed by atoms with Crippen molar-refractivity contribution in [2.45, 2.75) is 13.0 Å².